The zero-order chi connectivity index (χ0) is 21.3. The molecule has 1 aromatic carbocycles. The number of hydrogen-bond donors (Lipinski definition) is 1. The molecule has 1 fully saturated rings. The van der Waals surface area contributed by atoms with Gasteiger partial charge in [-0.05, 0) is 58.0 Å². The fourth-order valence-electron chi connectivity index (χ4n) is 4.40. The number of hydrogen-bond acceptors (Lipinski definition) is 6. The second kappa shape index (κ2) is 8.02. The van der Waals surface area contributed by atoms with E-state index in [9.17, 15) is 9.59 Å². The van der Waals surface area contributed by atoms with E-state index >= 15 is 0 Å². The lowest BCUT2D eigenvalue weighted by atomic mass is 9.96. The van der Waals surface area contributed by atoms with Crippen LogP contribution in [0.3, 0.4) is 0 Å². The molecule has 8 heteroatoms. The highest BCUT2D eigenvalue weighted by molar-refractivity contribution is 6.14. The molecule has 1 saturated heterocycles. The summed E-state index contributed by atoms with van der Waals surface area (Å²) in [4.78, 5) is 31.9. The van der Waals surface area contributed by atoms with Crippen LogP contribution in [0.25, 0.3) is 0 Å². The van der Waals surface area contributed by atoms with Crippen molar-refractivity contribution in [3.8, 4) is 0 Å². The van der Waals surface area contributed by atoms with Gasteiger partial charge in [-0.15, -0.1) is 5.10 Å². The summed E-state index contributed by atoms with van der Waals surface area (Å²) < 4.78 is 0. The van der Waals surface area contributed by atoms with E-state index in [2.05, 4.69) is 20.4 Å². The molecule has 2 aromatic rings. The van der Waals surface area contributed by atoms with Crippen LogP contribution in [-0.2, 0) is 9.59 Å². The number of carbonyl (C=O) groups is 2. The van der Waals surface area contributed by atoms with Crippen LogP contribution >= 0.6 is 0 Å². The first-order chi connectivity index (χ1) is 14.4. The predicted octanol–water partition coefficient (Wildman–Crippen LogP) is 2.14. The molecule has 2 aliphatic rings. The molecule has 0 bridgehead atoms. The molecule has 30 heavy (non-hydrogen) atoms. The minimum Gasteiger partial charge on any atom is -0.351 e. The van der Waals surface area contributed by atoms with E-state index < -0.39 is 5.54 Å². The number of anilines is 3. The van der Waals surface area contributed by atoms with Crippen LogP contribution in [0.15, 0.2) is 42.6 Å². The lowest BCUT2D eigenvalue weighted by Gasteiger charge is -2.42. The zero-order valence-corrected chi connectivity index (χ0v) is 17.7. The first-order valence-corrected chi connectivity index (χ1v) is 10.3. The Bertz CT molecular complexity index is 932. The second-order valence-electron chi connectivity index (χ2n) is 8.53. The van der Waals surface area contributed by atoms with E-state index in [4.69, 9.17) is 0 Å². The van der Waals surface area contributed by atoms with E-state index in [1.54, 1.807) is 24.9 Å². The minimum absolute atomic E-state index is 0.0890. The molecule has 4 rings (SSSR count). The van der Waals surface area contributed by atoms with Gasteiger partial charge in [-0.2, -0.15) is 5.10 Å². The Morgan fingerprint density at radius 2 is 2.07 bits per heavy atom. The zero-order valence-electron chi connectivity index (χ0n) is 17.7. The van der Waals surface area contributed by atoms with Crippen molar-refractivity contribution in [1.82, 2.24) is 15.1 Å². The third-order valence-corrected chi connectivity index (χ3v) is 5.91. The van der Waals surface area contributed by atoms with E-state index in [-0.39, 0.29) is 24.4 Å². The number of nitrogens with zero attached hydrogens (tertiary/aromatic N) is 5. The van der Waals surface area contributed by atoms with Crippen molar-refractivity contribution >= 4 is 29.0 Å². The highest BCUT2D eigenvalue weighted by Crippen LogP contribution is 2.36. The molecular weight excluding hydrogens is 380 g/mol. The van der Waals surface area contributed by atoms with Gasteiger partial charge in [0.2, 0.25) is 11.8 Å². The molecule has 158 valence electrons. The summed E-state index contributed by atoms with van der Waals surface area (Å²) in [5.74, 6) is 0.609. The monoisotopic (exact) mass is 408 g/mol. The van der Waals surface area contributed by atoms with Crippen LogP contribution in [-0.4, -0.2) is 65.2 Å². The van der Waals surface area contributed by atoms with Crippen molar-refractivity contribution in [2.75, 3.05) is 41.8 Å². The van der Waals surface area contributed by atoms with Crippen molar-refractivity contribution < 1.29 is 9.59 Å². The molecule has 3 heterocycles. The van der Waals surface area contributed by atoms with Gasteiger partial charge in [0.25, 0.3) is 0 Å². The van der Waals surface area contributed by atoms with Gasteiger partial charge in [-0.25, -0.2) is 0 Å². The van der Waals surface area contributed by atoms with Gasteiger partial charge in [0, 0.05) is 25.3 Å². The van der Waals surface area contributed by atoms with Gasteiger partial charge < -0.3 is 10.2 Å². The summed E-state index contributed by atoms with van der Waals surface area (Å²) in [5, 5.41) is 11.1. The molecule has 1 N–H and O–H groups in total. The van der Waals surface area contributed by atoms with Crippen LogP contribution in [0.2, 0.25) is 0 Å². The Hall–Kier alpha value is -3.00. The first-order valence-electron chi connectivity index (χ1n) is 10.3. The first kappa shape index (κ1) is 20.3. The highest BCUT2D eigenvalue weighted by atomic mass is 16.2. The van der Waals surface area contributed by atoms with Crippen molar-refractivity contribution in [2.45, 2.75) is 38.3 Å². The number of carbonyl (C=O) groups excluding carboxylic acids is 2. The number of benzene rings is 1. The molecule has 2 aliphatic heterocycles. The van der Waals surface area contributed by atoms with Gasteiger partial charge in [0.1, 0.15) is 5.54 Å². The minimum atomic E-state index is -0.953. The molecule has 0 radical (unpaired) electrons. The predicted molar refractivity (Wildman–Crippen MR) is 117 cm³/mol. The fraction of sp³-hybridized carbons (Fsp3) is 0.455. The number of fused-ring (bicyclic) bond motifs is 1. The van der Waals surface area contributed by atoms with E-state index in [0.717, 1.165) is 37.4 Å². The van der Waals surface area contributed by atoms with Gasteiger partial charge in [-0.1, -0.05) is 12.1 Å². The molecular formula is C22H28N6O2. The molecule has 0 aliphatic carbocycles. The summed E-state index contributed by atoms with van der Waals surface area (Å²) >= 11 is 0. The standard InChI is InChI=1S/C22H28N6O2/c1-22(2)21(30)24-17-9-4-5-10-18(17)28(22)20(29)15-26(3)14-16-8-7-13-27(16)19-11-6-12-23-25-19/h4-6,9-12,16H,7-8,13-15H2,1-3H3,(H,24,30). The molecule has 2 amide bonds. The largest absolute Gasteiger partial charge is 0.351 e. The van der Waals surface area contributed by atoms with Gasteiger partial charge in [0.15, 0.2) is 5.82 Å². The van der Waals surface area contributed by atoms with Crippen LogP contribution in [0.4, 0.5) is 17.2 Å². The quantitative estimate of drug-likeness (QED) is 0.816. The smallest absolute Gasteiger partial charge is 0.250 e. The molecule has 0 saturated carbocycles. The second-order valence-corrected chi connectivity index (χ2v) is 8.53. The van der Waals surface area contributed by atoms with E-state index in [1.165, 1.54) is 0 Å². The number of rotatable bonds is 5. The van der Waals surface area contributed by atoms with Crippen molar-refractivity contribution in [1.29, 1.82) is 0 Å². The van der Waals surface area contributed by atoms with Gasteiger partial charge >= 0.3 is 0 Å². The lowest BCUT2D eigenvalue weighted by molar-refractivity contribution is -0.127. The van der Waals surface area contributed by atoms with E-state index in [1.807, 2.05) is 48.3 Å². The summed E-state index contributed by atoms with van der Waals surface area (Å²) in [7, 11) is 1.95. The molecule has 1 aromatic heterocycles. The molecule has 1 atom stereocenters. The number of nitrogens with one attached hydrogen (secondary N) is 1. The summed E-state index contributed by atoms with van der Waals surface area (Å²) in [6.07, 6.45) is 3.82. The maximum Gasteiger partial charge on any atom is 0.250 e. The highest BCUT2D eigenvalue weighted by Gasteiger charge is 2.43. The number of amides is 2. The summed E-state index contributed by atoms with van der Waals surface area (Å²) in [6.45, 7) is 5.48. The molecule has 1 unspecified atom stereocenters. The van der Waals surface area contributed by atoms with Crippen LogP contribution in [0.5, 0.6) is 0 Å². The van der Waals surface area contributed by atoms with Gasteiger partial charge in [0.05, 0.1) is 17.9 Å². The maximum atomic E-state index is 13.3. The Morgan fingerprint density at radius 3 is 2.83 bits per heavy atom. The van der Waals surface area contributed by atoms with Crippen molar-refractivity contribution in [2.24, 2.45) is 0 Å². The topological polar surface area (TPSA) is 81.7 Å². The Labute approximate surface area is 176 Å². The number of aromatic nitrogens is 2. The average molecular weight is 409 g/mol. The Balaban J connectivity index is 1.47. The Kier molecular flexibility index (Phi) is 5.42. The number of para-hydroxylation sites is 2. The normalized spacial score (nSPS) is 20.3. The van der Waals surface area contributed by atoms with Crippen LogP contribution in [0, 0.1) is 0 Å². The van der Waals surface area contributed by atoms with Gasteiger partial charge in [-0.3, -0.25) is 19.4 Å². The third-order valence-electron chi connectivity index (χ3n) is 5.91. The molecule has 0 spiro atoms. The van der Waals surface area contributed by atoms with Crippen molar-refractivity contribution in [3.05, 3.63) is 42.6 Å². The summed E-state index contributed by atoms with van der Waals surface area (Å²) in [5.41, 5.74) is 0.454. The third kappa shape index (κ3) is 3.75. The van der Waals surface area contributed by atoms with E-state index in [0.29, 0.717) is 5.69 Å². The number of likely N-dealkylation sites (N-methyl/N-ethyl adjacent to an activating group) is 1. The lowest BCUT2D eigenvalue weighted by Crippen LogP contribution is -2.60. The SMILES string of the molecule is CN(CC(=O)N1c2ccccc2NC(=O)C1(C)C)CC1CCCN1c1cccnn1. The maximum absolute atomic E-state index is 13.3. The van der Waals surface area contributed by atoms with Crippen LogP contribution < -0.4 is 15.1 Å². The van der Waals surface area contributed by atoms with Crippen molar-refractivity contribution in [3.63, 3.8) is 0 Å². The Morgan fingerprint density at radius 1 is 1.27 bits per heavy atom. The summed E-state index contributed by atoms with van der Waals surface area (Å²) in [6, 6.07) is 11.6. The van der Waals surface area contributed by atoms with Crippen LogP contribution in [0.1, 0.15) is 26.7 Å². The fourth-order valence-corrected chi connectivity index (χ4v) is 4.40. The average Bonchev–Trinajstić information content (AvgIpc) is 3.17. The molecule has 8 nitrogen and oxygen atoms in total.